The summed E-state index contributed by atoms with van der Waals surface area (Å²) < 4.78 is 12.6. The minimum Gasteiger partial charge on any atom is -0.477 e. The van der Waals surface area contributed by atoms with Crippen LogP contribution in [0.5, 0.6) is 5.75 Å². The molecular formula is C23H23BrClN3O4. The summed E-state index contributed by atoms with van der Waals surface area (Å²) >= 11 is 9.71. The van der Waals surface area contributed by atoms with Crippen LogP contribution in [0.2, 0.25) is 5.02 Å². The van der Waals surface area contributed by atoms with Gasteiger partial charge in [0.1, 0.15) is 11.6 Å². The lowest BCUT2D eigenvalue weighted by Crippen LogP contribution is -2.26. The molecule has 0 radical (unpaired) electrons. The highest BCUT2D eigenvalue weighted by Crippen LogP contribution is 2.26. The molecule has 168 valence electrons. The van der Waals surface area contributed by atoms with Crippen LogP contribution in [0.15, 0.2) is 50.8 Å². The molecule has 0 aliphatic rings. The SMILES string of the molecule is CCOC(=O)[C@H](C)Oc1ccc(C=Nn2c(C(C)C)nc3ccc(Br)cc3c2=O)cc1Cl. The molecule has 0 spiro atoms. The van der Waals surface area contributed by atoms with Gasteiger partial charge in [0.05, 0.1) is 28.7 Å². The Morgan fingerprint density at radius 2 is 2.00 bits per heavy atom. The van der Waals surface area contributed by atoms with E-state index in [-0.39, 0.29) is 18.1 Å². The van der Waals surface area contributed by atoms with Crippen LogP contribution in [0.1, 0.15) is 45.0 Å². The van der Waals surface area contributed by atoms with Crippen LogP contribution in [0.25, 0.3) is 10.9 Å². The number of rotatable bonds is 7. The Hall–Kier alpha value is -2.71. The Kier molecular flexibility index (Phi) is 7.69. The fourth-order valence-corrected chi connectivity index (χ4v) is 3.56. The predicted octanol–water partition coefficient (Wildman–Crippen LogP) is 5.15. The molecule has 3 rings (SSSR count). The number of benzene rings is 2. The topological polar surface area (TPSA) is 82.8 Å². The largest absolute Gasteiger partial charge is 0.477 e. The normalized spacial score (nSPS) is 12.5. The average Bonchev–Trinajstić information content (AvgIpc) is 2.75. The lowest BCUT2D eigenvalue weighted by Gasteiger charge is -2.14. The molecule has 0 fully saturated rings. The number of aromatic nitrogens is 2. The average molecular weight is 521 g/mol. The summed E-state index contributed by atoms with van der Waals surface area (Å²) in [6.07, 6.45) is 0.741. The van der Waals surface area contributed by atoms with Crippen molar-refractivity contribution in [1.29, 1.82) is 0 Å². The highest BCUT2D eigenvalue weighted by atomic mass is 79.9. The van der Waals surface area contributed by atoms with E-state index >= 15 is 0 Å². The van der Waals surface area contributed by atoms with E-state index in [9.17, 15) is 9.59 Å². The Labute approximate surface area is 199 Å². The highest BCUT2D eigenvalue weighted by molar-refractivity contribution is 9.10. The van der Waals surface area contributed by atoms with Crippen molar-refractivity contribution >= 4 is 50.6 Å². The number of hydrogen-bond acceptors (Lipinski definition) is 6. The zero-order valence-corrected chi connectivity index (χ0v) is 20.5. The third-order valence-corrected chi connectivity index (χ3v) is 5.34. The van der Waals surface area contributed by atoms with Crippen LogP contribution in [0, 0.1) is 0 Å². The van der Waals surface area contributed by atoms with Gasteiger partial charge in [0, 0.05) is 10.4 Å². The smallest absolute Gasteiger partial charge is 0.347 e. The van der Waals surface area contributed by atoms with Gasteiger partial charge < -0.3 is 9.47 Å². The number of hydrogen-bond donors (Lipinski definition) is 0. The molecule has 7 nitrogen and oxygen atoms in total. The molecule has 0 aliphatic heterocycles. The molecule has 0 N–H and O–H groups in total. The van der Waals surface area contributed by atoms with Crippen LogP contribution in [-0.4, -0.2) is 34.6 Å². The van der Waals surface area contributed by atoms with Crippen molar-refractivity contribution in [1.82, 2.24) is 9.66 Å². The van der Waals surface area contributed by atoms with Gasteiger partial charge in [-0.1, -0.05) is 41.4 Å². The lowest BCUT2D eigenvalue weighted by molar-refractivity contribution is -0.150. The first-order valence-corrected chi connectivity index (χ1v) is 11.3. The summed E-state index contributed by atoms with van der Waals surface area (Å²) in [4.78, 5) is 29.5. The summed E-state index contributed by atoms with van der Waals surface area (Å²) in [6.45, 7) is 7.49. The summed E-state index contributed by atoms with van der Waals surface area (Å²) in [5.74, 6) is 0.416. The van der Waals surface area contributed by atoms with E-state index in [0.29, 0.717) is 33.1 Å². The first-order chi connectivity index (χ1) is 15.2. The number of nitrogens with zero attached hydrogens (tertiary/aromatic N) is 3. The fourth-order valence-electron chi connectivity index (χ4n) is 2.97. The van der Waals surface area contributed by atoms with Gasteiger partial charge in [-0.25, -0.2) is 9.78 Å². The van der Waals surface area contributed by atoms with Crippen molar-refractivity contribution in [3.63, 3.8) is 0 Å². The molecular weight excluding hydrogens is 498 g/mol. The van der Waals surface area contributed by atoms with Crippen LogP contribution in [0.3, 0.4) is 0 Å². The van der Waals surface area contributed by atoms with Gasteiger partial charge in [0.15, 0.2) is 6.10 Å². The number of fused-ring (bicyclic) bond motifs is 1. The molecule has 1 aromatic heterocycles. The predicted molar refractivity (Wildman–Crippen MR) is 129 cm³/mol. The molecule has 9 heteroatoms. The Morgan fingerprint density at radius 3 is 2.66 bits per heavy atom. The molecule has 0 aliphatic carbocycles. The number of ether oxygens (including phenoxy) is 2. The van der Waals surface area contributed by atoms with E-state index in [1.165, 1.54) is 10.9 Å². The maximum Gasteiger partial charge on any atom is 0.347 e. The van der Waals surface area contributed by atoms with Gasteiger partial charge in [-0.3, -0.25) is 4.79 Å². The summed E-state index contributed by atoms with van der Waals surface area (Å²) in [6, 6.07) is 10.4. The van der Waals surface area contributed by atoms with Gasteiger partial charge >= 0.3 is 5.97 Å². The zero-order valence-electron chi connectivity index (χ0n) is 18.1. The summed E-state index contributed by atoms with van der Waals surface area (Å²) in [5, 5.41) is 5.16. The molecule has 1 heterocycles. The first kappa shape index (κ1) is 23.9. The zero-order chi connectivity index (χ0) is 23.4. The number of esters is 1. The summed E-state index contributed by atoms with van der Waals surface area (Å²) in [5.41, 5.74) is 1.02. The van der Waals surface area contributed by atoms with Crippen molar-refractivity contribution in [3.05, 3.63) is 67.6 Å². The minimum atomic E-state index is -0.790. The third-order valence-electron chi connectivity index (χ3n) is 4.55. The second-order valence-electron chi connectivity index (χ2n) is 7.35. The fraction of sp³-hybridized carbons (Fsp3) is 0.304. The second kappa shape index (κ2) is 10.3. The monoisotopic (exact) mass is 519 g/mol. The van der Waals surface area contributed by atoms with Crippen molar-refractivity contribution in [3.8, 4) is 5.75 Å². The number of carbonyl (C=O) groups excluding carboxylic acids is 1. The molecule has 0 unspecified atom stereocenters. The van der Waals surface area contributed by atoms with E-state index in [4.69, 9.17) is 21.1 Å². The molecule has 0 saturated heterocycles. The lowest BCUT2D eigenvalue weighted by atomic mass is 10.2. The van der Waals surface area contributed by atoms with Crippen LogP contribution in [-0.2, 0) is 9.53 Å². The molecule has 2 aromatic carbocycles. The maximum absolute atomic E-state index is 13.1. The van der Waals surface area contributed by atoms with Gasteiger partial charge in [0.2, 0.25) is 0 Å². The van der Waals surface area contributed by atoms with E-state index in [1.54, 1.807) is 44.2 Å². The van der Waals surface area contributed by atoms with Gasteiger partial charge in [-0.2, -0.15) is 9.78 Å². The van der Waals surface area contributed by atoms with Crippen molar-refractivity contribution in [2.24, 2.45) is 5.10 Å². The van der Waals surface area contributed by atoms with E-state index in [0.717, 1.165) is 4.47 Å². The van der Waals surface area contributed by atoms with E-state index in [1.807, 2.05) is 19.9 Å². The molecule has 0 amide bonds. The van der Waals surface area contributed by atoms with E-state index < -0.39 is 12.1 Å². The maximum atomic E-state index is 13.1. The van der Waals surface area contributed by atoms with Crippen LogP contribution in [0.4, 0.5) is 0 Å². The molecule has 0 bridgehead atoms. The highest BCUT2D eigenvalue weighted by Gasteiger charge is 2.17. The minimum absolute atomic E-state index is 0.0170. The van der Waals surface area contributed by atoms with Gasteiger partial charge in [-0.15, -0.1) is 0 Å². The van der Waals surface area contributed by atoms with E-state index in [2.05, 4.69) is 26.0 Å². The number of carbonyl (C=O) groups is 1. The molecule has 3 aromatic rings. The first-order valence-electron chi connectivity index (χ1n) is 10.1. The Morgan fingerprint density at radius 1 is 1.25 bits per heavy atom. The molecule has 32 heavy (non-hydrogen) atoms. The Bertz CT molecular complexity index is 1240. The summed E-state index contributed by atoms with van der Waals surface area (Å²) in [7, 11) is 0. The Balaban J connectivity index is 1.93. The quantitative estimate of drug-likeness (QED) is 0.318. The second-order valence-corrected chi connectivity index (χ2v) is 8.67. The molecule has 0 saturated carbocycles. The molecule has 1 atom stereocenters. The van der Waals surface area contributed by atoms with Gasteiger partial charge in [0.25, 0.3) is 5.56 Å². The standard InChI is InChI=1S/C23H23BrClN3O4/c1-5-31-23(30)14(4)32-20-9-6-15(10-18(20)25)12-26-28-21(13(2)3)27-19-8-7-16(24)11-17(19)22(28)29/h6-14H,5H2,1-4H3/t14-/m0/s1. The third kappa shape index (κ3) is 5.37. The van der Waals surface area contributed by atoms with Crippen LogP contribution >= 0.6 is 27.5 Å². The van der Waals surface area contributed by atoms with Crippen molar-refractivity contribution < 1.29 is 14.3 Å². The van der Waals surface area contributed by atoms with Gasteiger partial charge in [-0.05, 0) is 55.8 Å². The van der Waals surface area contributed by atoms with Crippen molar-refractivity contribution in [2.75, 3.05) is 6.61 Å². The number of halogens is 2. The van der Waals surface area contributed by atoms with Crippen molar-refractivity contribution in [2.45, 2.75) is 39.7 Å². The van der Waals surface area contributed by atoms with Crippen LogP contribution < -0.4 is 10.3 Å².